The van der Waals surface area contributed by atoms with Gasteiger partial charge in [0, 0.05) is 6.42 Å². The molecular weight excluding hydrogens is 202 g/mol. The number of carbonyl (C=O) groups excluding carboxylic acids is 1. The summed E-state index contributed by atoms with van der Waals surface area (Å²) in [6, 6.07) is 5.88. The molecule has 0 spiro atoms. The first kappa shape index (κ1) is 12.6. The second-order valence-corrected chi connectivity index (χ2v) is 4.02. The molecule has 0 aromatic heterocycles. The molecule has 1 rings (SSSR count). The fourth-order valence-corrected chi connectivity index (χ4v) is 1.42. The first-order chi connectivity index (χ1) is 7.58. The minimum atomic E-state index is -0.000735. The van der Waals surface area contributed by atoms with Crippen molar-refractivity contribution in [1.29, 1.82) is 0 Å². The lowest BCUT2D eigenvalue weighted by molar-refractivity contribution is -0.115. The van der Waals surface area contributed by atoms with Crippen LogP contribution in [0.3, 0.4) is 0 Å². The minimum absolute atomic E-state index is 0.000735. The maximum absolute atomic E-state index is 11.4. The van der Waals surface area contributed by atoms with Gasteiger partial charge in [-0.25, -0.2) is 0 Å². The van der Waals surface area contributed by atoms with Crippen molar-refractivity contribution in [2.75, 3.05) is 12.4 Å². The maximum atomic E-state index is 11.4. The molecule has 3 nitrogen and oxygen atoms in total. The summed E-state index contributed by atoms with van der Waals surface area (Å²) in [4.78, 5) is 11.4. The quantitative estimate of drug-likeness (QED) is 0.848. The van der Waals surface area contributed by atoms with Gasteiger partial charge in [-0.1, -0.05) is 26.8 Å². The van der Waals surface area contributed by atoms with Crippen molar-refractivity contribution in [3.63, 3.8) is 0 Å². The van der Waals surface area contributed by atoms with Crippen molar-refractivity contribution < 1.29 is 9.53 Å². The zero-order valence-corrected chi connectivity index (χ0v) is 10.3. The molecule has 0 fully saturated rings. The van der Waals surface area contributed by atoms with Crippen LogP contribution in [0.15, 0.2) is 18.2 Å². The average Bonchev–Trinajstić information content (AvgIpc) is 2.28. The SMILES string of the molecule is CCC(=O)Nc1cc(C(C)C)ccc1OC. The van der Waals surface area contributed by atoms with Crippen molar-refractivity contribution in [3.05, 3.63) is 23.8 Å². The van der Waals surface area contributed by atoms with E-state index in [9.17, 15) is 4.79 Å². The van der Waals surface area contributed by atoms with Crippen LogP contribution in [0, 0.1) is 0 Å². The highest BCUT2D eigenvalue weighted by molar-refractivity contribution is 5.92. The summed E-state index contributed by atoms with van der Waals surface area (Å²) in [5.41, 5.74) is 1.94. The molecule has 0 saturated carbocycles. The van der Waals surface area contributed by atoms with Crippen LogP contribution in [0.4, 0.5) is 5.69 Å². The molecule has 1 amide bonds. The molecule has 88 valence electrons. The topological polar surface area (TPSA) is 38.3 Å². The van der Waals surface area contributed by atoms with Gasteiger partial charge in [-0.05, 0) is 23.6 Å². The van der Waals surface area contributed by atoms with Crippen molar-refractivity contribution in [1.82, 2.24) is 0 Å². The number of ether oxygens (including phenoxy) is 1. The van der Waals surface area contributed by atoms with Gasteiger partial charge < -0.3 is 10.1 Å². The number of benzene rings is 1. The Bertz CT molecular complexity index is 372. The molecule has 0 bridgehead atoms. The summed E-state index contributed by atoms with van der Waals surface area (Å²) in [5.74, 6) is 1.13. The molecule has 0 aliphatic carbocycles. The van der Waals surface area contributed by atoms with Crippen LogP contribution in [-0.2, 0) is 4.79 Å². The first-order valence-corrected chi connectivity index (χ1v) is 5.56. The summed E-state index contributed by atoms with van der Waals surface area (Å²) in [7, 11) is 1.60. The lowest BCUT2D eigenvalue weighted by Crippen LogP contribution is -2.10. The van der Waals surface area contributed by atoms with E-state index in [0.717, 1.165) is 5.69 Å². The molecule has 0 heterocycles. The van der Waals surface area contributed by atoms with E-state index >= 15 is 0 Å². The number of hydrogen-bond acceptors (Lipinski definition) is 2. The zero-order chi connectivity index (χ0) is 12.1. The predicted octanol–water partition coefficient (Wildman–Crippen LogP) is 3.17. The second kappa shape index (κ2) is 5.54. The van der Waals surface area contributed by atoms with Crippen LogP contribution in [0.25, 0.3) is 0 Å². The summed E-state index contributed by atoms with van der Waals surface area (Å²) in [6.07, 6.45) is 0.467. The molecule has 3 heteroatoms. The molecule has 0 unspecified atom stereocenters. The Hall–Kier alpha value is -1.51. The van der Waals surface area contributed by atoms with Crippen molar-refractivity contribution in [2.24, 2.45) is 0 Å². The number of carbonyl (C=O) groups is 1. The largest absolute Gasteiger partial charge is 0.495 e. The van der Waals surface area contributed by atoms with Gasteiger partial charge in [-0.2, -0.15) is 0 Å². The average molecular weight is 221 g/mol. The molecule has 0 atom stereocenters. The highest BCUT2D eigenvalue weighted by Crippen LogP contribution is 2.28. The van der Waals surface area contributed by atoms with E-state index in [-0.39, 0.29) is 5.91 Å². The molecule has 16 heavy (non-hydrogen) atoms. The summed E-state index contributed by atoms with van der Waals surface area (Å²) >= 11 is 0. The van der Waals surface area contributed by atoms with E-state index < -0.39 is 0 Å². The number of rotatable bonds is 4. The van der Waals surface area contributed by atoms with Crippen molar-refractivity contribution in [3.8, 4) is 5.75 Å². The highest BCUT2D eigenvalue weighted by Gasteiger charge is 2.08. The van der Waals surface area contributed by atoms with Crippen molar-refractivity contribution in [2.45, 2.75) is 33.1 Å². The lowest BCUT2D eigenvalue weighted by Gasteiger charge is -2.13. The fraction of sp³-hybridized carbons (Fsp3) is 0.462. The Morgan fingerprint density at radius 1 is 1.44 bits per heavy atom. The Kier molecular flexibility index (Phi) is 4.35. The van der Waals surface area contributed by atoms with Crippen LogP contribution in [0.2, 0.25) is 0 Å². The van der Waals surface area contributed by atoms with Crippen molar-refractivity contribution >= 4 is 11.6 Å². The number of nitrogens with one attached hydrogen (secondary N) is 1. The molecule has 0 aliphatic heterocycles. The summed E-state index contributed by atoms with van der Waals surface area (Å²) in [6.45, 7) is 6.06. The van der Waals surface area contributed by atoms with Gasteiger partial charge in [0.1, 0.15) is 5.75 Å². The number of methoxy groups -OCH3 is 1. The number of amides is 1. The maximum Gasteiger partial charge on any atom is 0.224 e. The van der Waals surface area contributed by atoms with Gasteiger partial charge in [-0.15, -0.1) is 0 Å². The van der Waals surface area contributed by atoms with Crippen LogP contribution in [0.1, 0.15) is 38.7 Å². The van der Waals surface area contributed by atoms with Gasteiger partial charge in [0.05, 0.1) is 12.8 Å². The van der Waals surface area contributed by atoms with Crippen LogP contribution < -0.4 is 10.1 Å². The van der Waals surface area contributed by atoms with Crippen LogP contribution in [-0.4, -0.2) is 13.0 Å². The Morgan fingerprint density at radius 2 is 2.12 bits per heavy atom. The van der Waals surface area contributed by atoms with E-state index in [0.29, 0.717) is 18.1 Å². The van der Waals surface area contributed by atoms with E-state index in [1.54, 1.807) is 7.11 Å². The molecule has 0 aliphatic rings. The second-order valence-electron chi connectivity index (χ2n) is 4.02. The van der Waals surface area contributed by atoms with Gasteiger partial charge in [-0.3, -0.25) is 4.79 Å². The van der Waals surface area contributed by atoms with Gasteiger partial charge in [0.25, 0.3) is 0 Å². The monoisotopic (exact) mass is 221 g/mol. The predicted molar refractivity (Wildman–Crippen MR) is 66.0 cm³/mol. The van der Waals surface area contributed by atoms with Gasteiger partial charge in [0.2, 0.25) is 5.91 Å². The lowest BCUT2D eigenvalue weighted by atomic mass is 10.0. The smallest absolute Gasteiger partial charge is 0.224 e. The highest BCUT2D eigenvalue weighted by atomic mass is 16.5. The normalized spacial score (nSPS) is 10.3. The van der Waals surface area contributed by atoms with E-state index in [4.69, 9.17) is 4.74 Å². The molecule has 0 radical (unpaired) electrons. The zero-order valence-electron chi connectivity index (χ0n) is 10.3. The van der Waals surface area contributed by atoms with E-state index in [2.05, 4.69) is 19.2 Å². The standard InChI is InChI=1S/C13H19NO2/c1-5-13(15)14-11-8-10(9(2)3)6-7-12(11)16-4/h6-9H,5H2,1-4H3,(H,14,15). The summed E-state index contributed by atoms with van der Waals surface area (Å²) in [5, 5.41) is 2.84. The van der Waals surface area contributed by atoms with E-state index in [1.165, 1.54) is 5.56 Å². The number of hydrogen-bond donors (Lipinski definition) is 1. The first-order valence-electron chi connectivity index (χ1n) is 5.56. The molecule has 1 aromatic carbocycles. The third-order valence-electron chi connectivity index (χ3n) is 2.49. The Balaban J connectivity index is 3.02. The molecule has 1 N–H and O–H groups in total. The molecule has 1 aromatic rings. The van der Waals surface area contributed by atoms with E-state index in [1.807, 2.05) is 25.1 Å². The fourth-order valence-electron chi connectivity index (χ4n) is 1.42. The minimum Gasteiger partial charge on any atom is -0.495 e. The van der Waals surface area contributed by atoms with Crippen LogP contribution >= 0.6 is 0 Å². The van der Waals surface area contributed by atoms with Gasteiger partial charge in [0.15, 0.2) is 0 Å². The molecular formula is C13H19NO2. The number of anilines is 1. The summed E-state index contributed by atoms with van der Waals surface area (Å²) < 4.78 is 5.21. The Labute approximate surface area is 96.8 Å². The Morgan fingerprint density at radius 3 is 2.62 bits per heavy atom. The van der Waals surface area contributed by atoms with Gasteiger partial charge >= 0.3 is 0 Å². The third-order valence-corrected chi connectivity index (χ3v) is 2.49. The van der Waals surface area contributed by atoms with Crippen LogP contribution in [0.5, 0.6) is 5.75 Å². The third kappa shape index (κ3) is 2.99. The molecule has 0 saturated heterocycles.